The number of methoxy groups -OCH3 is 1. The van der Waals surface area contributed by atoms with Gasteiger partial charge in [0.2, 0.25) is 10.0 Å². The number of para-hydroxylation sites is 1. The number of carbonyl (C=O) groups excluding carboxylic acids is 1. The smallest absolute Gasteiger partial charge is 0.261 e. The van der Waals surface area contributed by atoms with Crippen molar-refractivity contribution in [3.8, 4) is 5.75 Å². The molecule has 148 valence electrons. The molecule has 7 nitrogen and oxygen atoms in total. The Morgan fingerprint density at radius 3 is 2.54 bits per heavy atom. The van der Waals surface area contributed by atoms with Crippen molar-refractivity contribution in [2.45, 2.75) is 18.7 Å². The Labute approximate surface area is 168 Å². The van der Waals surface area contributed by atoms with Crippen molar-refractivity contribution < 1.29 is 17.9 Å². The van der Waals surface area contributed by atoms with Gasteiger partial charge in [-0.3, -0.25) is 10.1 Å². The molecule has 0 bridgehead atoms. The minimum atomic E-state index is -3.69. The first-order valence-electron chi connectivity index (χ1n) is 8.75. The van der Waals surface area contributed by atoms with Gasteiger partial charge in [-0.2, -0.15) is 4.31 Å². The van der Waals surface area contributed by atoms with Crippen LogP contribution in [0.5, 0.6) is 5.75 Å². The monoisotopic (exact) mass is 419 g/mol. The molecule has 0 spiro atoms. The fourth-order valence-corrected chi connectivity index (χ4v) is 5.17. The summed E-state index contributed by atoms with van der Waals surface area (Å²) >= 11 is 1.35. The van der Waals surface area contributed by atoms with Crippen LogP contribution in [0.15, 0.2) is 47.4 Å². The fourth-order valence-electron chi connectivity index (χ4n) is 2.83. The van der Waals surface area contributed by atoms with Crippen molar-refractivity contribution in [2.24, 2.45) is 0 Å². The van der Waals surface area contributed by atoms with E-state index in [1.807, 2.05) is 24.3 Å². The SMILES string of the molecule is CCN(CC)S(=O)(=O)c1ccc(OC)c(C(=O)Nc2nc3ccccc3s2)c1. The van der Waals surface area contributed by atoms with E-state index < -0.39 is 15.9 Å². The van der Waals surface area contributed by atoms with Crippen LogP contribution < -0.4 is 10.1 Å². The average Bonchev–Trinajstić information content (AvgIpc) is 3.10. The average molecular weight is 420 g/mol. The molecule has 0 saturated heterocycles. The van der Waals surface area contributed by atoms with Gasteiger partial charge in [0.05, 0.1) is 27.8 Å². The van der Waals surface area contributed by atoms with Crippen LogP contribution >= 0.6 is 11.3 Å². The number of benzene rings is 2. The molecule has 0 radical (unpaired) electrons. The van der Waals surface area contributed by atoms with E-state index in [2.05, 4.69) is 10.3 Å². The van der Waals surface area contributed by atoms with Crippen LogP contribution in [-0.2, 0) is 10.0 Å². The summed E-state index contributed by atoms with van der Waals surface area (Å²) < 4.78 is 33.1. The van der Waals surface area contributed by atoms with Gasteiger partial charge in [-0.1, -0.05) is 37.3 Å². The van der Waals surface area contributed by atoms with Gasteiger partial charge in [0.25, 0.3) is 5.91 Å². The molecule has 0 aliphatic heterocycles. The Bertz CT molecular complexity index is 1070. The number of ether oxygens (including phenoxy) is 1. The molecule has 0 aliphatic rings. The molecule has 3 rings (SSSR count). The first-order chi connectivity index (χ1) is 13.4. The van der Waals surface area contributed by atoms with E-state index in [0.717, 1.165) is 10.2 Å². The molecule has 0 aliphatic carbocycles. The molecule has 1 aromatic heterocycles. The van der Waals surface area contributed by atoms with E-state index in [-0.39, 0.29) is 16.2 Å². The Hall–Kier alpha value is -2.49. The molecule has 1 heterocycles. The van der Waals surface area contributed by atoms with E-state index in [1.54, 1.807) is 13.8 Å². The molecule has 1 N–H and O–H groups in total. The van der Waals surface area contributed by atoms with Gasteiger partial charge >= 0.3 is 0 Å². The number of anilines is 1. The van der Waals surface area contributed by atoms with Crippen LogP contribution in [0.3, 0.4) is 0 Å². The van der Waals surface area contributed by atoms with Crippen molar-refractivity contribution >= 4 is 42.6 Å². The van der Waals surface area contributed by atoms with Crippen molar-refractivity contribution in [1.82, 2.24) is 9.29 Å². The van der Waals surface area contributed by atoms with Gasteiger partial charge in [0.15, 0.2) is 5.13 Å². The molecule has 3 aromatic rings. The third-order valence-corrected chi connectivity index (χ3v) is 7.27. The highest BCUT2D eigenvalue weighted by atomic mass is 32.2. The first-order valence-corrected chi connectivity index (χ1v) is 11.0. The predicted molar refractivity (Wildman–Crippen MR) is 111 cm³/mol. The van der Waals surface area contributed by atoms with Crippen LogP contribution in [0.2, 0.25) is 0 Å². The number of hydrogen-bond donors (Lipinski definition) is 1. The molecule has 28 heavy (non-hydrogen) atoms. The van der Waals surface area contributed by atoms with Gasteiger partial charge in [0, 0.05) is 13.1 Å². The lowest BCUT2D eigenvalue weighted by Crippen LogP contribution is -2.30. The first kappa shape index (κ1) is 20.2. The topological polar surface area (TPSA) is 88.6 Å². The Kier molecular flexibility index (Phi) is 5.97. The van der Waals surface area contributed by atoms with Crippen LogP contribution in [0.4, 0.5) is 5.13 Å². The number of nitrogens with one attached hydrogen (secondary N) is 1. The van der Waals surface area contributed by atoms with Gasteiger partial charge in [-0.05, 0) is 30.3 Å². The summed E-state index contributed by atoms with van der Waals surface area (Å²) in [7, 11) is -2.26. The standard InChI is InChI=1S/C19H21N3O4S2/c1-4-22(5-2)28(24,25)13-10-11-16(26-3)14(12-13)18(23)21-19-20-15-8-6-7-9-17(15)27-19/h6-12H,4-5H2,1-3H3,(H,20,21,23). The normalized spacial score (nSPS) is 11.7. The van der Waals surface area contributed by atoms with Crippen LogP contribution in [-0.4, -0.2) is 43.8 Å². The molecule has 0 unspecified atom stereocenters. The lowest BCUT2D eigenvalue weighted by molar-refractivity contribution is 0.102. The lowest BCUT2D eigenvalue weighted by Gasteiger charge is -2.19. The molecule has 9 heteroatoms. The zero-order valence-corrected chi connectivity index (χ0v) is 17.4. The summed E-state index contributed by atoms with van der Waals surface area (Å²) in [5.41, 5.74) is 0.919. The number of rotatable bonds is 7. The molecule has 2 aromatic carbocycles. The van der Waals surface area contributed by atoms with Crippen molar-refractivity contribution in [3.63, 3.8) is 0 Å². The van der Waals surface area contributed by atoms with Crippen molar-refractivity contribution in [3.05, 3.63) is 48.0 Å². The zero-order valence-electron chi connectivity index (χ0n) is 15.8. The second kappa shape index (κ2) is 8.26. The van der Waals surface area contributed by atoms with Gasteiger partial charge in [-0.15, -0.1) is 0 Å². The highest BCUT2D eigenvalue weighted by molar-refractivity contribution is 7.89. The number of hydrogen-bond acceptors (Lipinski definition) is 6. The quantitative estimate of drug-likeness (QED) is 0.632. The number of amides is 1. The second-order valence-corrected chi connectivity index (χ2v) is 8.86. The summed E-state index contributed by atoms with van der Waals surface area (Å²) in [4.78, 5) is 17.3. The van der Waals surface area contributed by atoms with Crippen LogP contribution in [0, 0.1) is 0 Å². The summed E-state index contributed by atoms with van der Waals surface area (Å²) in [6, 6.07) is 11.8. The van der Waals surface area contributed by atoms with E-state index in [4.69, 9.17) is 4.74 Å². The highest BCUT2D eigenvalue weighted by Crippen LogP contribution is 2.28. The van der Waals surface area contributed by atoms with Crippen molar-refractivity contribution in [2.75, 3.05) is 25.5 Å². The van der Waals surface area contributed by atoms with Gasteiger partial charge in [0.1, 0.15) is 5.75 Å². The second-order valence-electron chi connectivity index (χ2n) is 5.89. The minimum Gasteiger partial charge on any atom is -0.496 e. The van der Waals surface area contributed by atoms with Crippen LogP contribution in [0.25, 0.3) is 10.2 Å². The van der Waals surface area contributed by atoms with E-state index >= 15 is 0 Å². The van der Waals surface area contributed by atoms with E-state index in [0.29, 0.717) is 18.2 Å². The lowest BCUT2D eigenvalue weighted by atomic mass is 10.2. The van der Waals surface area contributed by atoms with E-state index in [1.165, 1.54) is 41.0 Å². The Balaban J connectivity index is 1.96. The summed E-state index contributed by atoms with van der Waals surface area (Å²) in [6.45, 7) is 4.23. The number of thiazole rings is 1. The Morgan fingerprint density at radius 1 is 1.18 bits per heavy atom. The predicted octanol–water partition coefficient (Wildman–Crippen LogP) is 3.59. The van der Waals surface area contributed by atoms with Crippen LogP contribution in [0.1, 0.15) is 24.2 Å². The third kappa shape index (κ3) is 3.87. The Morgan fingerprint density at radius 2 is 1.89 bits per heavy atom. The van der Waals surface area contributed by atoms with Gasteiger partial charge in [-0.25, -0.2) is 13.4 Å². The molecular weight excluding hydrogens is 398 g/mol. The molecule has 0 saturated carbocycles. The number of nitrogens with zero attached hydrogens (tertiary/aromatic N) is 2. The van der Waals surface area contributed by atoms with E-state index in [9.17, 15) is 13.2 Å². The maximum atomic E-state index is 12.8. The summed E-state index contributed by atoms with van der Waals surface area (Å²) in [6.07, 6.45) is 0. The summed E-state index contributed by atoms with van der Waals surface area (Å²) in [5.74, 6) is -0.190. The number of sulfonamides is 1. The summed E-state index contributed by atoms with van der Waals surface area (Å²) in [5, 5.41) is 3.17. The molecule has 1 amide bonds. The maximum absolute atomic E-state index is 12.8. The number of carbonyl (C=O) groups is 1. The largest absolute Gasteiger partial charge is 0.496 e. The number of fused-ring (bicyclic) bond motifs is 1. The van der Waals surface area contributed by atoms with Gasteiger partial charge < -0.3 is 4.74 Å². The minimum absolute atomic E-state index is 0.0476. The molecular formula is C19H21N3O4S2. The molecule has 0 fully saturated rings. The highest BCUT2D eigenvalue weighted by Gasteiger charge is 2.24. The fraction of sp³-hybridized carbons (Fsp3) is 0.263. The molecule has 0 atom stereocenters. The number of aromatic nitrogens is 1. The zero-order chi connectivity index (χ0) is 20.3. The maximum Gasteiger partial charge on any atom is 0.261 e. The third-order valence-electron chi connectivity index (χ3n) is 4.27. The van der Waals surface area contributed by atoms with Crippen molar-refractivity contribution in [1.29, 1.82) is 0 Å².